The van der Waals surface area contributed by atoms with Crippen LogP contribution in [-0.4, -0.2) is 33.4 Å². The van der Waals surface area contributed by atoms with Crippen molar-refractivity contribution in [1.29, 1.82) is 0 Å². The molecule has 0 fully saturated rings. The highest BCUT2D eigenvalue weighted by Gasteiger charge is 2.20. The van der Waals surface area contributed by atoms with Crippen LogP contribution >= 0.6 is 0 Å². The molecule has 1 atom stereocenters. The molecule has 0 aliphatic heterocycles. The van der Waals surface area contributed by atoms with Crippen LogP contribution in [0.3, 0.4) is 0 Å². The average molecular weight is 344 g/mol. The number of carbonyl (C=O) groups excluding carboxylic acids is 2. The molecule has 2 rings (SSSR count). The van der Waals surface area contributed by atoms with E-state index in [0.717, 1.165) is 11.3 Å². The molecule has 0 bridgehead atoms. The van der Waals surface area contributed by atoms with Crippen LogP contribution in [0.15, 0.2) is 42.7 Å². The molecule has 2 aromatic rings. The second kappa shape index (κ2) is 7.83. The zero-order chi connectivity index (χ0) is 18.4. The molecular weight excluding hydrogens is 320 g/mol. The zero-order valence-corrected chi connectivity index (χ0v) is 14.9. The molecule has 134 valence electrons. The maximum absolute atomic E-state index is 12.1. The first-order chi connectivity index (χ1) is 11.7. The van der Waals surface area contributed by atoms with Gasteiger partial charge in [0.25, 0.3) is 0 Å². The van der Waals surface area contributed by atoms with Gasteiger partial charge in [0.05, 0.1) is 5.69 Å². The summed E-state index contributed by atoms with van der Waals surface area (Å²) < 4.78 is 6.89. The molecule has 2 amide bonds. The second-order valence-corrected chi connectivity index (χ2v) is 6.70. The van der Waals surface area contributed by atoms with Gasteiger partial charge in [0, 0.05) is 18.9 Å². The Morgan fingerprint density at radius 1 is 1.24 bits per heavy atom. The largest absolute Gasteiger partial charge is 0.444 e. The molecule has 0 spiro atoms. The molecule has 2 N–H and O–H groups in total. The minimum absolute atomic E-state index is 0.276. The SMILES string of the molecule is C[C@H](NC(=O)OC(C)(C)C)C(=O)NCc1ccc(-n2cccn2)cc1. The van der Waals surface area contributed by atoms with Crippen molar-refractivity contribution >= 4 is 12.0 Å². The highest BCUT2D eigenvalue weighted by Crippen LogP contribution is 2.09. The summed E-state index contributed by atoms with van der Waals surface area (Å²) >= 11 is 0. The number of hydrogen-bond acceptors (Lipinski definition) is 4. The third kappa shape index (κ3) is 5.95. The number of hydrogen-bond donors (Lipinski definition) is 2. The Labute approximate surface area is 147 Å². The predicted octanol–water partition coefficient (Wildman–Crippen LogP) is 2.40. The van der Waals surface area contributed by atoms with Gasteiger partial charge in [-0.2, -0.15) is 5.10 Å². The van der Waals surface area contributed by atoms with E-state index in [2.05, 4.69) is 15.7 Å². The highest BCUT2D eigenvalue weighted by molar-refractivity contribution is 5.85. The van der Waals surface area contributed by atoms with Crippen LogP contribution in [0.25, 0.3) is 5.69 Å². The molecule has 7 heteroatoms. The summed E-state index contributed by atoms with van der Waals surface area (Å²) in [7, 11) is 0. The second-order valence-electron chi connectivity index (χ2n) is 6.70. The van der Waals surface area contributed by atoms with Gasteiger partial charge in [-0.05, 0) is 51.5 Å². The van der Waals surface area contributed by atoms with Crippen molar-refractivity contribution in [3.8, 4) is 5.69 Å². The molecule has 0 saturated heterocycles. The van der Waals surface area contributed by atoms with Gasteiger partial charge in [0.2, 0.25) is 5.91 Å². The number of alkyl carbamates (subject to hydrolysis) is 1. The maximum Gasteiger partial charge on any atom is 0.408 e. The minimum atomic E-state index is -0.682. The summed E-state index contributed by atoms with van der Waals surface area (Å²) in [5, 5.41) is 9.47. The smallest absolute Gasteiger partial charge is 0.408 e. The summed E-state index contributed by atoms with van der Waals surface area (Å²) in [6, 6.07) is 8.87. The van der Waals surface area contributed by atoms with Crippen molar-refractivity contribution in [3.05, 3.63) is 48.3 Å². The standard InChI is InChI=1S/C18H24N4O3/c1-13(21-17(24)25-18(2,3)4)16(23)19-12-14-6-8-15(9-7-14)22-11-5-10-20-22/h5-11,13H,12H2,1-4H3,(H,19,23)(H,21,24)/t13-/m0/s1. The van der Waals surface area contributed by atoms with E-state index in [4.69, 9.17) is 4.74 Å². The van der Waals surface area contributed by atoms with E-state index in [1.165, 1.54) is 0 Å². The monoisotopic (exact) mass is 344 g/mol. The quantitative estimate of drug-likeness (QED) is 0.872. The fraction of sp³-hybridized carbons (Fsp3) is 0.389. The minimum Gasteiger partial charge on any atom is -0.444 e. The Balaban J connectivity index is 1.82. The highest BCUT2D eigenvalue weighted by atomic mass is 16.6. The van der Waals surface area contributed by atoms with E-state index in [0.29, 0.717) is 6.54 Å². The van der Waals surface area contributed by atoms with Crippen LogP contribution in [0.4, 0.5) is 4.79 Å². The molecule has 0 aliphatic rings. The van der Waals surface area contributed by atoms with Gasteiger partial charge >= 0.3 is 6.09 Å². The number of rotatable bonds is 5. The summed E-state index contributed by atoms with van der Waals surface area (Å²) in [6.07, 6.45) is 2.97. The van der Waals surface area contributed by atoms with Crippen molar-refractivity contribution < 1.29 is 14.3 Å². The van der Waals surface area contributed by atoms with Crippen molar-refractivity contribution in [2.45, 2.75) is 45.9 Å². The number of nitrogens with zero attached hydrogens (tertiary/aromatic N) is 2. The lowest BCUT2D eigenvalue weighted by Gasteiger charge is -2.21. The average Bonchev–Trinajstić information content (AvgIpc) is 3.05. The number of amides is 2. The first-order valence-electron chi connectivity index (χ1n) is 8.11. The molecule has 0 saturated carbocycles. The van der Waals surface area contributed by atoms with E-state index in [1.807, 2.05) is 36.5 Å². The van der Waals surface area contributed by atoms with Crippen molar-refractivity contribution in [2.75, 3.05) is 0 Å². The fourth-order valence-electron chi connectivity index (χ4n) is 2.08. The van der Waals surface area contributed by atoms with Crippen LogP contribution in [0.2, 0.25) is 0 Å². The molecule has 1 heterocycles. The first-order valence-corrected chi connectivity index (χ1v) is 8.11. The van der Waals surface area contributed by atoms with Gasteiger partial charge in [-0.15, -0.1) is 0 Å². The van der Waals surface area contributed by atoms with Crippen molar-refractivity contribution in [1.82, 2.24) is 20.4 Å². The molecular formula is C18H24N4O3. The van der Waals surface area contributed by atoms with Crippen LogP contribution in [0, 0.1) is 0 Å². The van der Waals surface area contributed by atoms with E-state index in [-0.39, 0.29) is 5.91 Å². The predicted molar refractivity (Wildman–Crippen MR) is 94.2 cm³/mol. The lowest BCUT2D eigenvalue weighted by atomic mass is 10.2. The van der Waals surface area contributed by atoms with Gasteiger partial charge in [-0.3, -0.25) is 4.79 Å². The lowest BCUT2D eigenvalue weighted by molar-refractivity contribution is -0.122. The van der Waals surface area contributed by atoms with Gasteiger partial charge in [0.1, 0.15) is 11.6 Å². The molecule has 1 aromatic heterocycles. The van der Waals surface area contributed by atoms with Gasteiger partial charge in [0.15, 0.2) is 0 Å². The molecule has 1 aromatic carbocycles. The molecule has 0 radical (unpaired) electrons. The molecule has 7 nitrogen and oxygen atoms in total. The van der Waals surface area contributed by atoms with E-state index >= 15 is 0 Å². The molecule has 25 heavy (non-hydrogen) atoms. The summed E-state index contributed by atoms with van der Waals surface area (Å²) in [5.74, 6) is -0.276. The van der Waals surface area contributed by atoms with Crippen LogP contribution < -0.4 is 10.6 Å². The fourth-order valence-corrected chi connectivity index (χ4v) is 2.08. The number of nitrogens with one attached hydrogen (secondary N) is 2. The van der Waals surface area contributed by atoms with Gasteiger partial charge in [-0.1, -0.05) is 12.1 Å². The Kier molecular flexibility index (Phi) is 5.80. The van der Waals surface area contributed by atoms with E-state index < -0.39 is 17.7 Å². The summed E-state index contributed by atoms with van der Waals surface area (Å²) in [4.78, 5) is 23.8. The molecule has 0 aliphatic carbocycles. The van der Waals surface area contributed by atoms with Gasteiger partial charge < -0.3 is 15.4 Å². The van der Waals surface area contributed by atoms with Gasteiger partial charge in [-0.25, -0.2) is 9.48 Å². The Morgan fingerprint density at radius 3 is 2.48 bits per heavy atom. The maximum atomic E-state index is 12.1. The van der Waals surface area contributed by atoms with Crippen LogP contribution in [-0.2, 0) is 16.1 Å². The zero-order valence-electron chi connectivity index (χ0n) is 14.9. The van der Waals surface area contributed by atoms with E-state index in [1.54, 1.807) is 38.6 Å². The Hall–Kier alpha value is -2.83. The summed E-state index contributed by atoms with van der Waals surface area (Å²) in [5.41, 5.74) is 1.30. The Bertz CT molecular complexity index is 703. The Morgan fingerprint density at radius 2 is 1.92 bits per heavy atom. The number of benzene rings is 1. The number of carbonyl (C=O) groups is 2. The third-order valence-corrected chi connectivity index (χ3v) is 3.30. The first kappa shape index (κ1) is 18.5. The van der Waals surface area contributed by atoms with Crippen molar-refractivity contribution in [2.24, 2.45) is 0 Å². The third-order valence-electron chi connectivity index (χ3n) is 3.30. The van der Waals surface area contributed by atoms with Crippen LogP contribution in [0.5, 0.6) is 0 Å². The summed E-state index contributed by atoms with van der Waals surface area (Å²) in [6.45, 7) is 7.29. The number of ether oxygens (including phenoxy) is 1. The lowest BCUT2D eigenvalue weighted by Crippen LogP contribution is -2.46. The topological polar surface area (TPSA) is 85.2 Å². The normalized spacial score (nSPS) is 12.3. The van der Waals surface area contributed by atoms with E-state index in [9.17, 15) is 9.59 Å². The van der Waals surface area contributed by atoms with Crippen LogP contribution in [0.1, 0.15) is 33.3 Å². The molecule has 0 unspecified atom stereocenters. The van der Waals surface area contributed by atoms with Crippen molar-refractivity contribution in [3.63, 3.8) is 0 Å². The number of aromatic nitrogens is 2.